The minimum absolute atomic E-state index is 0.128. The first-order chi connectivity index (χ1) is 14.4. The zero-order valence-electron chi connectivity index (χ0n) is 16.8. The van der Waals surface area contributed by atoms with Crippen LogP contribution in [0.15, 0.2) is 54.6 Å². The van der Waals surface area contributed by atoms with Crippen molar-refractivity contribution in [2.45, 2.75) is 32.0 Å². The molecule has 0 aromatic heterocycles. The topological polar surface area (TPSA) is 41.6 Å². The Balaban J connectivity index is 1.36. The number of para-hydroxylation sites is 1. The predicted molar refractivity (Wildman–Crippen MR) is 109 cm³/mol. The highest BCUT2D eigenvalue weighted by atomic mass is 19.4. The number of nitrogens with zero attached hydrogens (tertiary/aromatic N) is 1. The number of halogens is 3. The predicted octanol–water partition coefficient (Wildman–Crippen LogP) is 4.20. The Labute approximate surface area is 175 Å². The molecule has 0 aliphatic carbocycles. The maximum absolute atomic E-state index is 12.5. The van der Waals surface area contributed by atoms with Crippen LogP contribution in [0.4, 0.5) is 13.2 Å². The fourth-order valence-corrected chi connectivity index (χ4v) is 3.74. The first-order valence-electron chi connectivity index (χ1n) is 10.3. The molecule has 2 aromatic rings. The van der Waals surface area contributed by atoms with Gasteiger partial charge in [0.25, 0.3) is 0 Å². The highest BCUT2D eigenvalue weighted by Gasteiger charge is 2.32. The van der Waals surface area contributed by atoms with E-state index in [-0.39, 0.29) is 24.5 Å². The van der Waals surface area contributed by atoms with Crippen molar-refractivity contribution in [3.63, 3.8) is 0 Å². The fourth-order valence-electron chi connectivity index (χ4n) is 3.74. The van der Waals surface area contributed by atoms with E-state index < -0.39 is 6.36 Å². The lowest BCUT2D eigenvalue weighted by molar-refractivity contribution is -0.274. The standard InChI is InChI=1S/C23H27F3N2O2/c24-23(25,26)30-21-9-5-4-8-20(21)10-11-22(29)27-16-19-13-15-28(17-19)14-12-18-6-2-1-3-7-18/h1-9,19H,10-17H2,(H,27,29). The first kappa shape index (κ1) is 22.2. The first-order valence-corrected chi connectivity index (χ1v) is 10.3. The number of nitrogens with one attached hydrogen (secondary N) is 1. The lowest BCUT2D eigenvalue weighted by atomic mass is 10.1. The third-order valence-electron chi connectivity index (χ3n) is 5.34. The number of rotatable bonds is 9. The Morgan fingerprint density at radius 2 is 1.80 bits per heavy atom. The summed E-state index contributed by atoms with van der Waals surface area (Å²) in [5.74, 6) is 0.00719. The third-order valence-corrected chi connectivity index (χ3v) is 5.34. The summed E-state index contributed by atoms with van der Waals surface area (Å²) in [5.41, 5.74) is 1.70. The Morgan fingerprint density at radius 1 is 1.07 bits per heavy atom. The molecule has 2 aromatic carbocycles. The van der Waals surface area contributed by atoms with Crippen LogP contribution >= 0.6 is 0 Å². The van der Waals surface area contributed by atoms with E-state index in [1.54, 1.807) is 12.1 Å². The highest BCUT2D eigenvalue weighted by molar-refractivity contribution is 5.76. The van der Waals surface area contributed by atoms with Crippen molar-refractivity contribution in [1.29, 1.82) is 0 Å². The highest BCUT2D eigenvalue weighted by Crippen LogP contribution is 2.27. The van der Waals surface area contributed by atoms with Gasteiger partial charge in [0.05, 0.1) is 0 Å². The van der Waals surface area contributed by atoms with E-state index in [2.05, 4.69) is 27.1 Å². The normalized spacial score (nSPS) is 17.1. The van der Waals surface area contributed by atoms with Crippen LogP contribution in [0.5, 0.6) is 5.75 Å². The second kappa shape index (κ2) is 10.5. The molecule has 0 saturated carbocycles. The van der Waals surface area contributed by atoms with Gasteiger partial charge in [0.15, 0.2) is 0 Å². The summed E-state index contributed by atoms with van der Waals surface area (Å²) >= 11 is 0. The average Bonchev–Trinajstić information content (AvgIpc) is 3.18. The van der Waals surface area contributed by atoms with Gasteiger partial charge in [-0.25, -0.2) is 0 Å². The van der Waals surface area contributed by atoms with Gasteiger partial charge in [0.1, 0.15) is 5.75 Å². The number of aryl methyl sites for hydroxylation is 1. The SMILES string of the molecule is O=C(CCc1ccccc1OC(F)(F)F)NCC1CCN(CCc2ccccc2)C1. The van der Waals surface area contributed by atoms with Crippen molar-refractivity contribution in [3.05, 3.63) is 65.7 Å². The summed E-state index contributed by atoms with van der Waals surface area (Å²) in [6.45, 7) is 3.58. The average molecular weight is 420 g/mol. The van der Waals surface area contributed by atoms with Crippen LogP contribution in [0.2, 0.25) is 0 Å². The van der Waals surface area contributed by atoms with Crippen molar-refractivity contribution < 1.29 is 22.7 Å². The molecule has 0 radical (unpaired) electrons. The molecule has 1 aliphatic rings. The van der Waals surface area contributed by atoms with Gasteiger partial charge in [0, 0.05) is 26.1 Å². The van der Waals surface area contributed by atoms with Gasteiger partial charge >= 0.3 is 6.36 Å². The van der Waals surface area contributed by atoms with E-state index in [1.165, 1.54) is 17.7 Å². The van der Waals surface area contributed by atoms with E-state index in [0.29, 0.717) is 18.0 Å². The summed E-state index contributed by atoms with van der Waals surface area (Å²) in [6, 6.07) is 16.3. The van der Waals surface area contributed by atoms with E-state index in [1.807, 2.05) is 18.2 Å². The maximum atomic E-state index is 12.5. The van der Waals surface area contributed by atoms with Crippen LogP contribution in [0.3, 0.4) is 0 Å². The summed E-state index contributed by atoms with van der Waals surface area (Å²) in [7, 11) is 0. The zero-order valence-corrected chi connectivity index (χ0v) is 16.8. The molecule has 1 aliphatic heterocycles. The molecular formula is C23H27F3N2O2. The van der Waals surface area contributed by atoms with Crippen molar-refractivity contribution >= 4 is 5.91 Å². The molecular weight excluding hydrogens is 393 g/mol. The van der Waals surface area contributed by atoms with E-state index in [4.69, 9.17) is 0 Å². The molecule has 3 rings (SSSR count). The molecule has 1 N–H and O–H groups in total. The fraction of sp³-hybridized carbons (Fsp3) is 0.435. The lowest BCUT2D eigenvalue weighted by Crippen LogP contribution is -2.31. The number of likely N-dealkylation sites (tertiary alicyclic amines) is 1. The van der Waals surface area contributed by atoms with E-state index in [9.17, 15) is 18.0 Å². The molecule has 1 atom stereocenters. The molecule has 0 spiro atoms. The molecule has 7 heteroatoms. The Morgan fingerprint density at radius 3 is 2.57 bits per heavy atom. The van der Waals surface area contributed by atoms with E-state index >= 15 is 0 Å². The van der Waals surface area contributed by atoms with Gasteiger partial charge in [-0.15, -0.1) is 13.2 Å². The monoisotopic (exact) mass is 420 g/mol. The molecule has 0 bridgehead atoms. The Bertz CT molecular complexity index is 812. The largest absolute Gasteiger partial charge is 0.573 e. The Hall–Kier alpha value is -2.54. The molecule has 162 valence electrons. The number of hydrogen-bond donors (Lipinski definition) is 1. The van der Waals surface area contributed by atoms with Gasteiger partial charge in [-0.2, -0.15) is 0 Å². The van der Waals surface area contributed by atoms with Crippen LogP contribution in [-0.2, 0) is 17.6 Å². The van der Waals surface area contributed by atoms with Crippen molar-refractivity contribution in [3.8, 4) is 5.75 Å². The van der Waals surface area contributed by atoms with E-state index in [0.717, 1.165) is 32.5 Å². The quantitative estimate of drug-likeness (QED) is 0.661. The lowest BCUT2D eigenvalue weighted by Gasteiger charge is -2.16. The number of carbonyl (C=O) groups excluding carboxylic acids is 1. The van der Waals surface area contributed by atoms with Crippen LogP contribution < -0.4 is 10.1 Å². The summed E-state index contributed by atoms with van der Waals surface area (Å²) < 4.78 is 41.5. The van der Waals surface area contributed by atoms with Gasteiger partial charge in [0.2, 0.25) is 5.91 Å². The smallest absolute Gasteiger partial charge is 0.406 e. The number of hydrogen-bond acceptors (Lipinski definition) is 3. The maximum Gasteiger partial charge on any atom is 0.573 e. The second-order valence-corrected chi connectivity index (χ2v) is 7.65. The molecule has 30 heavy (non-hydrogen) atoms. The number of alkyl halides is 3. The van der Waals surface area contributed by atoms with Crippen LogP contribution in [0.1, 0.15) is 24.0 Å². The number of ether oxygens (including phenoxy) is 1. The molecule has 1 amide bonds. The number of amides is 1. The van der Waals surface area contributed by atoms with Gasteiger partial charge in [-0.1, -0.05) is 48.5 Å². The number of carbonyl (C=O) groups is 1. The Kier molecular flexibility index (Phi) is 7.74. The van der Waals surface area contributed by atoms with Crippen molar-refractivity contribution in [2.24, 2.45) is 5.92 Å². The summed E-state index contributed by atoms with van der Waals surface area (Å²) in [6.07, 6.45) is -2.36. The summed E-state index contributed by atoms with van der Waals surface area (Å²) in [5, 5.41) is 2.93. The second-order valence-electron chi connectivity index (χ2n) is 7.65. The zero-order chi connectivity index (χ0) is 21.4. The molecule has 4 nitrogen and oxygen atoms in total. The molecule has 1 fully saturated rings. The van der Waals surface area contributed by atoms with Gasteiger partial charge < -0.3 is 15.0 Å². The van der Waals surface area contributed by atoms with Gasteiger partial charge in [-0.3, -0.25) is 4.79 Å². The third kappa shape index (κ3) is 7.37. The van der Waals surface area contributed by atoms with Crippen LogP contribution in [0.25, 0.3) is 0 Å². The molecule has 1 heterocycles. The minimum atomic E-state index is -4.74. The number of benzene rings is 2. The van der Waals surface area contributed by atoms with Gasteiger partial charge in [-0.05, 0) is 48.9 Å². The van der Waals surface area contributed by atoms with Crippen molar-refractivity contribution in [1.82, 2.24) is 10.2 Å². The molecule has 1 unspecified atom stereocenters. The summed E-state index contributed by atoms with van der Waals surface area (Å²) in [4.78, 5) is 14.6. The molecule has 1 saturated heterocycles. The van der Waals surface area contributed by atoms with Crippen LogP contribution in [0, 0.1) is 5.92 Å². The van der Waals surface area contributed by atoms with Crippen molar-refractivity contribution in [2.75, 3.05) is 26.2 Å². The van der Waals surface area contributed by atoms with Crippen LogP contribution in [-0.4, -0.2) is 43.3 Å². The minimum Gasteiger partial charge on any atom is -0.406 e.